The Morgan fingerprint density at radius 2 is 2.00 bits per heavy atom. The van der Waals surface area contributed by atoms with E-state index in [2.05, 4.69) is 15.4 Å². The van der Waals surface area contributed by atoms with Gasteiger partial charge in [-0.1, -0.05) is 35.5 Å². The van der Waals surface area contributed by atoms with Crippen molar-refractivity contribution < 1.29 is 4.52 Å². The Morgan fingerprint density at radius 3 is 2.81 bits per heavy atom. The zero-order chi connectivity index (χ0) is 11.0. The third kappa shape index (κ3) is 1.22. The molecule has 0 atom stereocenters. The number of H-pyrrole nitrogens is 1. The van der Waals surface area contributed by atoms with Gasteiger partial charge >= 0.3 is 0 Å². The lowest BCUT2D eigenvalue weighted by Crippen LogP contribution is -2.06. The Kier molecular flexibility index (Phi) is 1.83. The smallest absolute Gasteiger partial charge is 0.294 e. The van der Waals surface area contributed by atoms with Gasteiger partial charge in [0.15, 0.2) is 11.3 Å². The van der Waals surface area contributed by atoms with Crippen LogP contribution < -0.4 is 5.56 Å². The molecule has 16 heavy (non-hydrogen) atoms. The quantitative estimate of drug-likeness (QED) is 0.666. The van der Waals surface area contributed by atoms with E-state index in [4.69, 9.17) is 4.52 Å². The average molecular weight is 213 g/mol. The summed E-state index contributed by atoms with van der Waals surface area (Å²) in [7, 11) is 0. The second-order valence-corrected chi connectivity index (χ2v) is 3.34. The predicted molar refractivity (Wildman–Crippen MR) is 57.9 cm³/mol. The highest BCUT2D eigenvalue weighted by Crippen LogP contribution is 2.25. The molecule has 2 aromatic heterocycles. The number of rotatable bonds is 1. The van der Waals surface area contributed by atoms with Gasteiger partial charge in [0.05, 0.1) is 11.6 Å². The predicted octanol–water partition coefficient (Wildman–Crippen LogP) is 1.58. The van der Waals surface area contributed by atoms with E-state index in [0.717, 1.165) is 5.56 Å². The fraction of sp³-hybridized carbons (Fsp3) is 0. The molecule has 3 aromatic rings. The molecule has 1 aromatic carbocycles. The summed E-state index contributed by atoms with van der Waals surface area (Å²) in [6.07, 6.45) is 1.54. The molecular formula is C11H7N3O2. The number of aromatic nitrogens is 3. The molecule has 0 unspecified atom stereocenters. The maximum absolute atomic E-state index is 11.4. The Labute approximate surface area is 89.7 Å². The van der Waals surface area contributed by atoms with Crippen molar-refractivity contribution in [3.63, 3.8) is 0 Å². The van der Waals surface area contributed by atoms with E-state index >= 15 is 0 Å². The average Bonchev–Trinajstić information content (AvgIpc) is 2.75. The minimum atomic E-state index is -0.344. The molecule has 0 aliphatic rings. The van der Waals surface area contributed by atoms with Gasteiger partial charge in [0.25, 0.3) is 5.56 Å². The van der Waals surface area contributed by atoms with Crippen LogP contribution in [0.2, 0.25) is 0 Å². The molecule has 2 heterocycles. The van der Waals surface area contributed by atoms with Crippen molar-refractivity contribution in [2.24, 2.45) is 0 Å². The first-order valence-corrected chi connectivity index (χ1v) is 4.75. The number of nitrogens with zero attached hydrogens (tertiary/aromatic N) is 2. The van der Waals surface area contributed by atoms with Gasteiger partial charge in [0, 0.05) is 5.56 Å². The normalized spacial score (nSPS) is 10.8. The molecule has 3 rings (SSSR count). The molecule has 0 aliphatic heterocycles. The van der Waals surface area contributed by atoms with E-state index in [-0.39, 0.29) is 11.1 Å². The second kappa shape index (κ2) is 3.30. The molecule has 78 valence electrons. The van der Waals surface area contributed by atoms with Gasteiger partial charge < -0.3 is 4.52 Å². The van der Waals surface area contributed by atoms with E-state index < -0.39 is 0 Å². The molecule has 0 saturated heterocycles. The summed E-state index contributed by atoms with van der Waals surface area (Å²) in [6, 6.07) is 9.48. The van der Waals surface area contributed by atoms with Crippen LogP contribution in [0.25, 0.3) is 22.2 Å². The lowest BCUT2D eigenvalue weighted by atomic mass is 10.1. The molecule has 0 spiro atoms. The molecule has 0 amide bonds. The van der Waals surface area contributed by atoms with E-state index in [1.54, 1.807) is 0 Å². The van der Waals surface area contributed by atoms with Crippen molar-refractivity contribution in [1.82, 2.24) is 15.4 Å². The zero-order valence-corrected chi connectivity index (χ0v) is 8.18. The first-order valence-electron chi connectivity index (χ1n) is 4.75. The molecule has 0 bridgehead atoms. The van der Waals surface area contributed by atoms with Gasteiger partial charge in [-0.25, -0.2) is 5.10 Å². The highest BCUT2D eigenvalue weighted by Gasteiger charge is 2.12. The first kappa shape index (κ1) is 8.84. The number of nitrogens with one attached hydrogen (secondary N) is 1. The summed E-state index contributed by atoms with van der Waals surface area (Å²) < 4.78 is 5.17. The van der Waals surface area contributed by atoms with Crippen molar-refractivity contribution in [3.05, 3.63) is 46.9 Å². The molecule has 0 fully saturated rings. The Balaban J connectivity index is 2.34. The molecule has 1 N–H and O–H groups in total. The fourth-order valence-corrected chi connectivity index (χ4v) is 1.59. The third-order valence-corrected chi connectivity index (χ3v) is 2.34. The van der Waals surface area contributed by atoms with E-state index in [1.807, 2.05) is 30.3 Å². The van der Waals surface area contributed by atoms with Crippen LogP contribution in [0, 0.1) is 0 Å². The van der Waals surface area contributed by atoms with Crippen LogP contribution in [-0.2, 0) is 0 Å². The summed E-state index contributed by atoms with van der Waals surface area (Å²) in [4.78, 5) is 11.4. The summed E-state index contributed by atoms with van der Waals surface area (Å²) in [5.74, 6) is 0.564. The molecular weight excluding hydrogens is 206 g/mol. The lowest BCUT2D eigenvalue weighted by Gasteiger charge is -1.94. The highest BCUT2D eigenvalue weighted by molar-refractivity contribution is 5.90. The van der Waals surface area contributed by atoms with Crippen LogP contribution in [0.1, 0.15) is 0 Å². The standard InChI is InChI=1S/C11H7N3O2/c15-11-9-8(6-12-13-11)10(16-14-9)7-4-2-1-3-5-7/h1-6H,(H,13,15). The van der Waals surface area contributed by atoms with Crippen molar-refractivity contribution in [2.75, 3.05) is 0 Å². The number of aromatic amines is 1. The van der Waals surface area contributed by atoms with Crippen molar-refractivity contribution in [3.8, 4) is 11.3 Å². The van der Waals surface area contributed by atoms with Crippen LogP contribution in [0.4, 0.5) is 0 Å². The Hall–Kier alpha value is -2.43. The maximum atomic E-state index is 11.4. The van der Waals surface area contributed by atoms with Gasteiger partial charge in [0.1, 0.15) is 0 Å². The minimum Gasteiger partial charge on any atom is -0.355 e. The largest absolute Gasteiger partial charge is 0.355 e. The van der Waals surface area contributed by atoms with Gasteiger partial charge in [0.2, 0.25) is 0 Å². The fourth-order valence-electron chi connectivity index (χ4n) is 1.59. The number of fused-ring (bicyclic) bond motifs is 1. The van der Waals surface area contributed by atoms with Crippen molar-refractivity contribution in [1.29, 1.82) is 0 Å². The number of hydrogen-bond donors (Lipinski definition) is 1. The monoisotopic (exact) mass is 213 g/mol. The number of hydrogen-bond acceptors (Lipinski definition) is 4. The molecule has 0 radical (unpaired) electrons. The maximum Gasteiger partial charge on any atom is 0.294 e. The summed E-state index contributed by atoms with van der Waals surface area (Å²) in [6.45, 7) is 0. The summed E-state index contributed by atoms with van der Waals surface area (Å²) in [5, 5.41) is 10.4. The SMILES string of the molecule is O=c1[nH]ncc2c(-c3ccccc3)onc12. The molecule has 5 nitrogen and oxygen atoms in total. The van der Waals surface area contributed by atoms with Gasteiger partial charge in [-0.15, -0.1) is 0 Å². The van der Waals surface area contributed by atoms with Crippen LogP contribution >= 0.6 is 0 Å². The number of benzene rings is 1. The highest BCUT2D eigenvalue weighted by atomic mass is 16.5. The molecule has 5 heteroatoms. The van der Waals surface area contributed by atoms with Crippen molar-refractivity contribution >= 4 is 10.9 Å². The summed E-state index contributed by atoms with van der Waals surface area (Å²) in [5.41, 5.74) is 0.801. The van der Waals surface area contributed by atoms with E-state index in [0.29, 0.717) is 11.1 Å². The molecule has 0 aliphatic carbocycles. The van der Waals surface area contributed by atoms with Gasteiger partial charge in [-0.2, -0.15) is 5.10 Å². The van der Waals surface area contributed by atoms with Crippen LogP contribution in [-0.4, -0.2) is 15.4 Å². The zero-order valence-electron chi connectivity index (χ0n) is 8.18. The minimum absolute atomic E-state index is 0.272. The lowest BCUT2D eigenvalue weighted by molar-refractivity contribution is 0.440. The third-order valence-electron chi connectivity index (χ3n) is 2.34. The molecule has 0 saturated carbocycles. The first-order chi connectivity index (χ1) is 7.86. The second-order valence-electron chi connectivity index (χ2n) is 3.34. The van der Waals surface area contributed by atoms with Crippen LogP contribution in [0.15, 0.2) is 45.8 Å². The van der Waals surface area contributed by atoms with Crippen LogP contribution in [0.5, 0.6) is 0 Å². The van der Waals surface area contributed by atoms with Crippen LogP contribution in [0.3, 0.4) is 0 Å². The topological polar surface area (TPSA) is 71.8 Å². The van der Waals surface area contributed by atoms with Crippen molar-refractivity contribution in [2.45, 2.75) is 0 Å². The van der Waals surface area contributed by atoms with Gasteiger partial charge in [-0.3, -0.25) is 4.79 Å². The van der Waals surface area contributed by atoms with Gasteiger partial charge in [-0.05, 0) is 0 Å². The summed E-state index contributed by atoms with van der Waals surface area (Å²) >= 11 is 0. The Bertz CT molecular complexity index is 685. The van der Waals surface area contributed by atoms with E-state index in [1.165, 1.54) is 6.20 Å². The Morgan fingerprint density at radius 1 is 1.19 bits per heavy atom. The van der Waals surface area contributed by atoms with E-state index in [9.17, 15) is 4.79 Å².